The smallest absolute Gasteiger partial charge is 0.219 e. The van der Waals surface area contributed by atoms with Gasteiger partial charge in [-0.3, -0.25) is 4.79 Å². The first-order valence-electron chi connectivity index (χ1n) is 6.60. The summed E-state index contributed by atoms with van der Waals surface area (Å²) in [7, 11) is 0. The highest BCUT2D eigenvalue weighted by Gasteiger charge is 2.40. The topological polar surface area (TPSA) is 40.5 Å². The van der Waals surface area contributed by atoms with Gasteiger partial charge in [0.25, 0.3) is 0 Å². The molecule has 0 radical (unpaired) electrons. The van der Waals surface area contributed by atoms with Crippen molar-refractivity contribution in [3.8, 4) is 0 Å². The molecule has 92 valence electrons. The highest BCUT2D eigenvalue weighted by molar-refractivity contribution is 5.73. The first-order chi connectivity index (χ1) is 7.62. The summed E-state index contributed by atoms with van der Waals surface area (Å²) in [5, 5.41) is 10.7. The molecule has 1 aliphatic carbocycles. The lowest BCUT2D eigenvalue weighted by Gasteiger charge is -2.44. The van der Waals surface area contributed by atoms with E-state index in [1.807, 2.05) is 4.90 Å². The Morgan fingerprint density at radius 3 is 2.25 bits per heavy atom. The minimum Gasteiger partial charge on any atom is -0.389 e. The van der Waals surface area contributed by atoms with Crippen LogP contribution in [0.4, 0.5) is 0 Å². The third kappa shape index (κ3) is 2.40. The monoisotopic (exact) mass is 225 g/mol. The maximum absolute atomic E-state index is 11.2. The summed E-state index contributed by atoms with van der Waals surface area (Å²) in [5.74, 6) is 0.626. The number of rotatable bonds is 1. The Morgan fingerprint density at radius 1 is 1.19 bits per heavy atom. The summed E-state index contributed by atoms with van der Waals surface area (Å²) in [6.07, 6.45) is 7.76. The van der Waals surface area contributed by atoms with Gasteiger partial charge < -0.3 is 10.0 Å². The van der Waals surface area contributed by atoms with Crippen LogP contribution in [0.1, 0.15) is 51.9 Å². The fourth-order valence-electron chi connectivity index (χ4n) is 3.26. The van der Waals surface area contributed by atoms with Crippen LogP contribution in [0.3, 0.4) is 0 Å². The van der Waals surface area contributed by atoms with E-state index in [4.69, 9.17) is 0 Å². The molecule has 1 N–H and O–H groups in total. The van der Waals surface area contributed by atoms with Crippen molar-refractivity contribution in [1.29, 1.82) is 0 Å². The molecule has 2 aliphatic rings. The fraction of sp³-hybridized carbons (Fsp3) is 0.923. The average Bonchev–Trinajstić information content (AvgIpc) is 2.31. The van der Waals surface area contributed by atoms with Gasteiger partial charge in [0.15, 0.2) is 0 Å². The van der Waals surface area contributed by atoms with E-state index < -0.39 is 5.60 Å². The number of hydrogen-bond donors (Lipinski definition) is 1. The van der Waals surface area contributed by atoms with Gasteiger partial charge in [-0.25, -0.2) is 0 Å². The Hall–Kier alpha value is -0.570. The molecule has 1 saturated carbocycles. The number of carbonyl (C=O) groups is 1. The second-order valence-electron chi connectivity index (χ2n) is 5.44. The van der Waals surface area contributed by atoms with Gasteiger partial charge in [0.05, 0.1) is 5.60 Å². The van der Waals surface area contributed by atoms with E-state index >= 15 is 0 Å². The molecule has 0 aromatic heterocycles. The molecule has 1 saturated heterocycles. The number of hydrogen-bond acceptors (Lipinski definition) is 2. The molecular weight excluding hydrogens is 202 g/mol. The highest BCUT2D eigenvalue weighted by Crippen LogP contribution is 2.38. The van der Waals surface area contributed by atoms with Crippen LogP contribution >= 0.6 is 0 Å². The lowest BCUT2D eigenvalue weighted by atomic mass is 9.72. The second kappa shape index (κ2) is 4.74. The largest absolute Gasteiger partial charge is 0.389 e. The standard InChI is InChI=1S/C13H23NO2/c1-11(15)14-9-7-13(16,8-10-14)12-5-3-2-4-6-12/h12,16H,2-10H2,1H3. The van der Waals surface area contributed by atoms with Crippen LogP contribution < -0.4 is 0 Å². The van der Waals surface area contributed by atoms with Crippen molar-refractivity contribution in [2.45, 2.75) is 57.5 Å². The van der Waals surface area contributed by atoms with Gasteiger partial charge in [-0.2, -0.15) is 0 Å². The second-order valence-corrected chi connectivity index (χ2v) is 5.44. The first kappa shape index (κ1) is 11.9. The molecule has 16 heavy (non-hydrogen) atoms. The van der Waals surface area contributed by atoms with E-state index in [2.05, 4.69) is 0 Å². The van der Waals surface area contributed by atoms with Gasteiger partial charge >= 0.3 is 0 Å². The zero-order valence-corrected chi connectivity index (χ0v) is 10.2. The van der Waals surface area contributed by atoms with Gasteiger partial charge in [-0.15, -0.1) is 0 Å². The van der Waals surface area contributed by atoms with E-state index in [-0.39, 0.29) is 5.91 Å². The lowest BCUT2D eigenvalue weighted by molar-refractivity contribution is -0.136. The summed E-state index contributed by atoms with van der Waals surface area (Å²) in [5.41, 5.74) is -0.480. The average molecular weight is 225 g/mol. The number of likely N-dealkylation sites (tertiary alicyclic amines) is 1. The van der Waals surface area contributed by atoms with Crippen molar-refractivity contribution >= 4 is 5.91 Å². The summed E-state index contributed by atoms with van der Waals surface area (Å²) < 4.78 is 0. The Labute approximate surface area is 97.8 Å². The van der Waals surface area contributed by atoms with Crippen molar-refractivity contribution in [2.24, 2.45) is 5.92 Å². The zero-order valence-electron chi connectivity index (χ0n) is 10.2. The van der Waals surface area contributed by atoms with Gasteiger partial charge in [0.2, 0.25) is 5.91 Å². The SMILES string of the molecule is CC(=O)N1CCC(O)(C2CCCCC2)CC1. The Balaban J connectivity index is 1.92. The number of carbonyl (C=O) groups excluding carboxylic acids is 1. The minimum atomic E-state index is -0.480. The third-order valence-electron chi connectivity index (χ3n) is 4.44. The van der Waals surface area contributed by atoms with Crippen LogP contribution in [-0.4, -0.2) is 34.6 Å². The Kier molecular flexibility index (Phi) is 3.53. The van der Waals surface area contributed by atoms with E-state index in [1.165, 1.54) is 32.1 Å². The summed E-state index contributed by atoms with van der Waals surface area (Å²) >= 11 is 0. The van der Waals surface area contributed by atoms with Crippen molar-refractivity contribution in [3.05, 3.63) is 0 Å². The van der Waals surface area contributed by atoms with Crippen LogP contribution in [0.15, 0.2) is 0 Å². The number of aliphatic hydroxyl groups is 1. The van der Waals surface area contributed by atoms with Crippen molar-refractivity contribution < 1.29 is 9.90 Å². The van der Waals surface area contributed by atoms with Crippen molar-refractivity contribution in [1.82, 2.24) is 4.90 Å². The Bertz CT molecular complexity index is 251. The molecule has 1 aliphatic heterocycles. The molecule has 3 nitrogen and oxygen atoms in total. The quantitative estimate of drug-likeness (QED) is 0.741. The molecule has 0 bridgehead atoms. The van der Waals surface area contributed by atoms with Gasteiger partial charge in [0.1, 0.15) is 0 Å². The van der Waals surface area contributed by atoms with E-state index in [1.54, 1.807) is 6.92 Å². The third-order valence-corrected chi connectivity index (χ3v) is 4.44. The molecule has 0 unspecified atom stereocenters. The van der Waals surface area contributed by atoms with Crippen LogP contribution in [0.5, 0.6) is 0 Å². The van der Waals surface area contributed by atoms with Crippen LogP contribution in [0.25, 0.3) is 0 Å². The number of nitrogens with zero attached hydrogens (tertiary/aromatic N) is 1. The van der Waals surface area contributed by atoms with Crippen LogP contribution in [-0.2, 0) is 4.79 Å². The van der Waals surface area contributed by atoms with E-state index in [0.717, 1.165) is 25.9 Å². The van der Waals surface area contributed by atoms with Gasteiger partial charge in [0, 0.05) is 20.0 Å². The van der Waals surface area contributed by atoms with Crippen molar-refractivity contribution in [3.63, 3.8) is 0 Å². The highest BCUT2D eigenvalue weighted by atomic mass is 16.3. The molecule has 2 rings (SSSR count). The van der Waals surface area contributed by atoms with Gasteiger partial charge in [-0.05, 0) is 31.6 Å². The van der Waals surface area contributed by atoms with E-state index in [0.29, 0.717) is 5.92 Å². The van der Waals surface area contributed by atoms with Crippen LogP contribution in [0.2, 0.25) is 0 Å². The predicted octanol–water partition coefficient (Wildman–Crippen LogP) is 1.94. The number of piperidine rings is 1. The predicted molar refractivity (Wildman–Crippen MR) is 63.0 cm³/mol. The minimum absolute atomic E-state index is 0.144. The van der Waals surface area contributed by atoms with E-state index in [9.17, 15) is 9.90 Å². The van der Waals surface area contributed by atoms with Gasteiger partial charge in [-0.1, -0.05) is 19.3 Å². The fourth-order valence-corrected chi connectivity index (χ4v) is 3.26. The molecule has 0 aromatic rings. The number of amides is 1. The molecule has 2 fully saturated rings. The maximum Gasteiger partial charge on any atom is 0.219 e. The van der Waals surface area contributed by atoms with Crippen molar-refractivity contribution in [2.75, 3.05) is 13.1 Å². The normalized spacial score (nSPS) is 26.8. The maximum atomic E-state index is 11.2. The van der Waals surface area contributed by atoms with Crippen LogP contribution in [0, 0.1) is 5.92 Å². The molecule has 1 amide bonds. The Morgan fingerprint density at radius 2 is 1.75 bits per heavy atom. The molecular formula is C13H23NO2. The molecule has 0 aromatic carbocycles. The zero-order chi connectivity index (χ0) is 11.6. The first-order valence-corrected chi connectivity index (χ1v) is 6.60. The summed E-state index contributed by atoms with van der Waals surface area (Å²) in [6.45, 7) is 3.09. The summed E-state index contributed by atoms with van der Waals surface area (Å²) in [6, 6.07) is 0. The lowest BCUT2D eigenvalue weighted by Crippen LogP contribution is -2.50. The molecule has 0 spiro atoms. The molecule has 1 heterocycles. The summed E-state index contributed by atoms with van der Waals surface area (Å²) in [4.78, 5) is 13.1. The molecule has 0 atom stereocenters. The molecule has 3 heteroatoms.